The molecule has 5 heteroatoms. The van der Waals surface area contributed by atoms with Gasteiger partial charge in [-0.3, -0.25) is 9.59 Å². The van der Waals surface area contributed by atoms with Crippen molar-refractivity contribution in [3.8, 4) is 0 Å². The third kappa shape index (κ3) is 2.87. The van der Waals surface area contributed by atoms with Crippen LogP contribution in [0.25, 0.3) is 0 Å². The van der Waals surface area contributed by atoms with Gasteiger partial charge in [-0.15, -0.1) is 0 Å². The van der Waals surface area contributed by atoms with E-state index >= 15 is 0 Å². The molecular formula is C12H15NO4. The first-order valence-electron chi connectivity index (χ1n) is 5.71. The minimum Gasteiger partial charge on any atom is -0.472 e. The maximum absolute atomic E-state index is 12.1. The SMILES string of the molecule is CCOC(=O)CN(C(=O)c1ccoc1)C1CC1. The highest BCUT2D eigenvalue weighted by Gasteiger charge is 2.34. The Bertz CT molecular complexity index is 395. The van der Waals surface area contributed by atoms with Crippen molar-refractivity contribution in [3.05, 3.63) is 24.2 Å². The first kappa shape index (κ1) is 11.7. The van der Waals surface area contributed by atoms with E-state index in [0.29, 0.717) is 12.2 Å². The molecular weight excluding hydrogens is 222 g/mol. The second-order valence-corrected chi connectivity index (χ2v) is 3.98. The van der Waals surface area contributed by atoms with E-state index in [1.807, 2.05) is 0 Å². The van der Waals surface area contributed by atoms with Crippen LogP contribution in [-0.2, 0) is 9.53 Å². The number of esters is 1. The summed E-state index contributed by atoms with van der Waals surface area (Å²) in [6.45, 7) is 2.09. The standard InChI is InChI=1S/C12H15NO4/c1-2-17-11(14)7-13(10-3-4-10)12(15)9-5-6-16-8-9/h5-6,8,10H,2-4,7H2,1H3. The highest BCUT2D eigenvalue weighted by Crippen LogP contribution is 2.28. The zero-order valence-electron chi connectivity index (χ0n) is 9.72. The summed E-state index contributed by atoms with van der Waals surface area (Å²) >= 11 is 0. The summed E-state index contributed by atoms with van der Waals surface area (Å²) in [5.74, 6) is -0.537. The van der Waals surface area contributed by atoms with Crippen LogP contribution in [0, 0.1) is 0 Å². The lowest BCUT2D eigenvalue weighted by Crippen LogP contribution is -2.38. The monoisotopic (exact) mass is 237 g/mol. The van der Waals surface area contributed by atoms with E-state index in [1.165, 1.54) is 12.5 Å². The molecule has 0 spiro atoms. The van der Waals surface area contributed by atoms with E-state index in [2.05, 4.69) is 0 Å². The Morgan fingerprint density at radius 2 is 2.29 bits per heavy atom. The van der Waals surface area contributed by atoms with Crippen LogP contribution in [0.5, 0.6) is 0 Å². The number of ether oxygens (including phenoxy) is 1. The van der Waals surface area contributed by atoms with Gasteiger partial charge in [0.1, 0.15) is 12.8 Å². The van der Waals surface area contributed by atoms with Crippen molar-refractivity contribution in [1.82, 2.24) is 4.90 Å². The highest BCUT2D eigenvalue weighted by atomic mass is 16.5. The van der Waals surface area contributed by atoms with Crippen molar-refractivity contribution in [2.24, 2.45) is 0 Å². The number of nitrogens with zero attached hydrogens (tertiary/aromatic N) is 1. The van der Waals surface area contributed by atoms with Crippen molar-refractivity contribution in [2.45, 2.75) is 25.8 Å². The second-order valence-electron chi connectivity index (χ2n) is 3.98. The van der Waals surface area contributed by atoms with E-state index in [0.717, 1.165) is 12.8 Å². The molecule has 17 heavy (non-hydrogen) atoms. The van der Waals surface area contributed by atoms with Crippen molar-refractivity contribution in [2.75, 3.05) is 13.2 Å². The van der Waals surface area contributed by atoms with Crippen molar-refractivity contribution >= 4 is 11.9 Å². The molecule has 0 radical (unpaired) electrons. The molecule has 1 saturated carbocycles. The van der Waals surface area contributed by atoms with Gasteiger partial charge < -0.3 is 14.1 Å². The fraction of sp³-hybridized carbons (Fsp3) is 0.500. The Morgan fingerprint density at radius 1 is 1.53 bits per heavy atom. The number of amides is 1. The largest absolute Gasteiger partial charge is 0.472 e. The Hall–Kier alpha value is -1.78. The quantitative estimate of drug-likeness (QED) is 0.727. The summed E-state index contributed by atoms with van der Waals surface area (Å²) in [7, 11) is 0. The lowest BCUT2D eigenvalue weighted by atomic mass is 10.3. The van der Waals surface area contributed by atoms with Crippen LogP contribution < -0.4 is 0 Å². The molecule has 0 bridgehead atoms. The van der Waals surface area contributed by atoms with Gasteiger partial charge in [-0.05, 0) is 25.8 Å². The van der Waals surface area contributed by atoms with Crippen LogP contribution in [0.1, 0.15) is 30.1 Å². The number of hydrogen-bond donors (Lipinski definition) is 0. The van der Waals surface area contributed by atoms with Gasteiger partial charge in [-0.25, -0.2) is 0 Å². The molecule has 1 amide bonds. The van der Waals surface area contributed by atoms with E-state index in [9.17, 15) is 9.59 Å². The third-order valence-corrected chi connectivity index (χ3v) is 2.62. The molecule has 0 aromatic carbocycles. The fourth-order valence-corrected chi connectivity index (χ4v) is 1.65. The van der Waals surface area contributed by atoms with Crippen molar-refractivity contribution in [1.29, 1.82) is 0 Å². The van der Waals surface area contributed by atoms with E-state index in [4.69, 9.17) is 9.15 Å². The minimum absolute atomic E-state index is 0.0164. The molecule has 0 atom stereocenters. The molecule has 5 nitrogen and oxygen atoms in total. The maximum atomic E-state index is 12.1. The summed E-state index contributed by atoms with van der Waals surface area (Å²) in [5, 5.41) is 0. The van der Waals surface area contributed by atoms with Gasteiger partial charge >= 0.3 is 5.97 Å². The lowest BCUT2D eigenvalue weighted by Gasteiger charge is -2.20. The number of hydrogen-bond acceptors (Lipinski definition) is 4. The molecule has 1 aliphatic rings. The van der Waals surface area contributed by atoms with Crippen molar-refractivity contribution in [3.63, 3.8) is 0 Å². The number of carbonyl (C=O) groups excluding carboxylic acids is 2. The van der Waals surface area contributed by atoms with Crippen LogP contribution in [0.4, 0.5) is 0 Å². The van der Waals surface area contributed by atoms with Gasteiger partial charge in [0.2, 0.25) is 0 Å². The van der Waals surface area contributed by atoms with Gasteiger partial charge in [0.25, 0.3) is 5.91 Å². The first-order chi connectivity index (χ1) is 8.22. The second kappa shape index (κ2) is 5.03. The zero-order chi connectivity index (χ0) is 12.3. The maximum Gasteiger partial charge on any atom is 0.325 e. The average molecular weight is 237 g/mol. The predicted molar refractivity (Wildman–Crippen MR) is 59.4 cm³/mol. The number of rotatable bonds is 5. The molecule has 92 valence electrons. The first-order valence-corrected chi connectivity index (χ1v) is 5.71. The predicted octanol–water partition coefficient (Wildman–Crippen LogP) is 1.45. The Morgan fingerprint density at radius 3 is 2.82 bits per heavy atom. The smallest absolute Gasteiger partial charge is 0.325 e. The topological polar surface area (TPSA) is 59.8 Å². The molecule has 1 aromatic heterocycles. The molecule has 0 N–H and O–H groups in total. The Balaban J connectivity index is 2.02. The van der Waals surface area contributed by atoms with E-state index in [1.54, 1.807) is 17.9 Å². The molecule has 1 aliphatic carbocycles. The molecule has 0 aliphatic heterocycles. The summed E-state index contributed by atoms with van der Waals surface area (Å²) in [6.07, 6.45) is 4.73. The molecule has 0 saturated heterocycles. The third-order valence-electron chi connectivity index (χ3n) is 2.62. The normalized spacial score (nSPS) is 14.4. The lowest BCUT2D eigenvalue weighted by molar-refractivity contribution is -0.144. The van der Waals surface area contributed by atoms with Crippen LogP contribution in [-0.4, -0.2) is 36.0 Å². The van der Waals surface area contributed by atoms with Gasteiger partial charge in [0.15, 0.2) is 0 Å². The average Bonchev–Trinajstić information content (AvgIpc) is 3.00. The highest BCUT2D eigenvalue weighted by molar-refractivity contribution is 5.96. The summed E-state index contributed by atoms with van der Waals surface area (Å²) in [4.78, 5) is 25.1. The van der Waals surface area contributed by atoms with Crippen LogP contribution >= 0.6 is 0 Å². The molecule has 1 aromatic rings. The van der Waals surface area contributed by atoms with Gasteiger partial charge in [-0.1, -0.05) is 0 Å². The number of furan rings is 1. The van der Waals surface area contributed by atoms with Crippen molar-refractivity contribution < 1.29 is 18.7 Å². The summed E-state index contributed by atoms with van der Waals surface area (Å²) < 4.78 is 9.74. The summed E-state index contributed by atoms with van der Waals surface area (Å²) in [5.41, 5.74) is 0.473. The number of carbonyl (C=O) groups is 2. The van der Waals surface area contributed by atoms with E-state index < -0.39 is 0 Å². The Labute approximate surface area is 99.3 Å². The zero-order valence-corrected chi connectivity index (χ0v) is 9.72. The van der Waals surface area contributed by atoms with Gasteiger partial charge in [-0.2, -0.15) is 0 Å². The molecule has 1 heterocycles. The molecule has 1 fully saturated rings. The molecule has 0 unspecified atom stereocenters. The Kier molecular flexibility index (Phi) is 3.46. The van der Waals surface area contributed by atoms with Gasteiger partial charge in [0, 0.05) is 6.04 Å². The minimum atomic E-state index is -0.365. The van der Waals surface area contributed by atoms with E-state index in [-0.39, 0.29) is 24.5 Å². The van der Waals surface area contributed by atoms with Gasteiger partial charge in [0.05, 0.1) is 18.4 Å². The van der Waals surface area contributed by atoms with Crippen LogP contribution in [0.3, 0.4) is 0 Å². The summed E-state index contributed by atoms with van der Waals surface area (Å²) in [6, 6.07) is 1.77. The van der Waals surface area contributed by atoms with Crippen LogP contribution in [0.2, 0.25) is 0 Å². The molecule has 2 rings (SSSR count). The fourth-order valence-electron chi connectivity index (χ4n) is 1.65. The van der Waals surface area contributed by atoms with Crippen LogP contribution in [0.15, 0.2) is 23.0 Å².